The van der Waals surface area contributed by atoms with Gasteiger partial charge >= 0.3 is 0 Å². The van der Waals surface area contributed by atoms with Gasteiger partial charge in [-0.05, 0) is 34.9 Å². The third-order valence-corrected chi connectivity index (χ3v) is 5.18. The summed E-state index contributed by atoms with van der Waals surface area (Å²) in [5, 5.41) is 45.6. The molecule has 2 aromatic rings. The van der Waals surface area contributed by atoms with Crippen LogP contribution in [0.4, 0.5) is 0 Å². The van der Waals surface area contributed by atoms with E-state index in [4.69, 9.17) is 20.3 Å². The van der Waals surface area contributed by atoms with Gasteiger partial charge in [-0.1, -0.05) is 44.2 Å². The smallest absolute Gasteiger partial charge is 0.220 e. The molecule has 0 radical (unpaired) electrons. The molecule has 30 heavy (non-hydrogen) atoms. The second-order valence-corrected chi connectivity index (χ2v) is 7.81. The monoisotopic (exact) mass is 412 g/mol. The fourth-order valence-electron chi connectivity index (χ4n) is 3.34. The van der Waals surface area contributed by atoms with E-state index in [0.29, 0.717) is 11.1 Å². The van der Waals surface area contributed by atoms with Gasteiger partial charge in [-0.15, -0.1) is 0 Å². The summed E-state index contributed by atoms with van der Waals surface area (Å²) >= 11 is 0. The van der Waals surface area contributed by atoms with Gasteiger partial charge in [-0.3, -0.25) is 10.8 Å². The van der Waals surface area contributed by atoms with E-state index in [1.807, 2.05) is 50.2 Å². The highest BCUT2D eigenvalue weighted by Gasteiger charge is 2.37. The van der Waals surface area contributed by atoms with E-state index in [-0.39, 0.29) is 30.7 Å². The Morgan fingerprint density at radius 2 is 1.80 bits per heavy atom. The molecule has 1 aliphatic heterocycles. The molecule has 0 aliphatic carbocycles. The average Bonchev–Trinajstić information content (AvgIpc) is 2.75. The maximum Gasteiger partial charge on any atom is 0.220 e. The van der Waals surface area contributed by atoms with Gasteiger partial charge in [0.15, 0.2) is 5.90 Å². The highest BCUT2D eigenvalue weighted by atomic mass is 16.5. The van der Waals surface area contributed by atoms with Crippen molar-refractivity contribution in [3.63, 3.8) is 0 Å². The molecule has 4 atom stereocenters. The summed E-state index contributed by atoms with van der Waals surface area (Å²) in [4.78, 5) is 0. The van der Waals surface area contributed by atoms with Gasteiger partial charge in [0.1, 0.15) is 12.2 Å². The standard InChI is InChI=1S/C23H28N2O5/c1-13(2)22(24)30-23(25)15-8-6-14(7-9-15)16-4-3-5-17(10-16)21-20(28)19(27)11-18(12-26)29-21/h3-10,13,18-21,24-28H,11-12H2,1-2H3/t18?,19?,20?,21-/m1/s1. The number of aliphatic hydroxyl groups excluding tert-OH is 3. The summed E-state index contributed by atoms with van der Waals surface area (Å²) in [6, 6.07) is 14.7. The van der Waals surface area contributed by atoms with E-state index in [1.54, 1.807) is 12.1 Å². The first-order valence-corrected chi connectivity index (χ1v) is 9.98. The quantitative estimate of drug-likeness (QED) is 0.381. The van der Waals surface area contributed by atoms with E-state index >= 15 is 0 Å². The van der Waals surface area contributed by atoms with E-state index in [9.17, 15) is 15.3 Å². The average molecular weight is 412 g/mol. The third kappa shape index (κ3) is 4.94. The van der Waals surface area contributed by atoms with Crippen LogP contribution in [0.5, 0.6) is 0 Å². The highest BCUT2D eigenvalue weighted by molar-refractivity contribution is 5.99. The predicted molar refractivity (Wildman–Crippen MR) is 114 cm³/mol. The lowest BCUT2D eigenvalue weighted by molar-refractivity contribution is -0.179. The van der Waals surface area contributed by atoms with Crippen LogP contribution < -0.4 is 0 Å². The molecule has 160 valence electrons. The zero-order valence-electron chi connectivity index (χ0n) is 17.1. The minimum absolute atomic E-state index is 0.0474. The van der Waals surface area contributed by atoms with Crippen LogP contribution in [-0.4, -0.2) is 52.0 Å². The van der Waals surface area contributed by atoms with Crippen LogP contribution in [0.25, 0.3) is 11.1 Å². The number of hydrogen-bond donors (Lipinski definition) is 5. The second-order valence-electron chi connectivity index (χ2n) is 7.81. The SMILES string of the molecule is CC(C)C(=N)OC(=N)c1ccc(-c2cccc([C@H]3OC(CO)CC(O)C3O)c2)cc1. The van der Waals surface area contributed by atoms with Gasteiger partial charge in [0.25, 0.3) is 0 Å². The predicted octanol–water partition coefficient (Wildman–Crippen LogP) is 2.87. The van der Waals surface area contributed by atoms with Gasteiger partial charge in [0.05, 0.1) is 18.8 Å². The van der Waals surface area contributed by atoms with Crippen molar-refractivity contribution >= 4 is 11.8 Å². The van der Waals surface area contributed by atoms with Crippen LogP contribution in [0.3, 0.4) is 0 Å². The zero-order valence-corrected chi connectivity index (χ0v) is 17.1. The van der Waals surface area contributed by atoms with Crippen molar-refractivity contribution in [3.8, 4) is 11.1 Å². The minimum atomic E-state index is -1.07. The van der Waals surface area contributed by atoms with Gasteiger partial charge < -0.3 is 24.8 Å². The van der Waals surface area contributed by atoms with Crippen molar-refractivity contribution in [1.29, 1.82) is 10.8 Å². The molecule has 7 nitrogen and oxygen atoms in total. The van der Waals surface area contributed by atoms with E-state index in [2.05, 4.69) is 0 Å². The lowest BCUT2D eigenvalue weighted by Gasteiger charge is -2.37. The first kappa shape index (κ1) is 22.1. The largest absolute Gasteiger partial charge is 0.425 e. The molecule has 0 aromatic heterocycles. The van der Waals surface area contributed by atoms with Gasteiger partial charge in [-0.2, -0.15) is 0 Å². The molecule has 5 N–H and O–H groups in total. The summed E-state index contributed by atoms with van der Waals surface area (Å²) in [6.45, 7) is 3.45. The number of ether oxygens (including phenoxy) is 2. The summed E-state index contributed by atoms with van der Waals surface area (Å²) in [7, 11) is 0. The van der Waals surface area contributed by atoms with Gasteiger partial charge in [0.2, 0.25) is 5.90 Å². The van der Waals surface area contributed by atoms with Crippen LogP contribution in [0.1, 0.15) is 37.5 Å². The Morgan fingerprint density at radius 1 is 1.10 bits per heavy atom. The molecule has 0 amide bonds. The van der Waals surface area contributed by atoms with Crippen LogP contribution in [0.2, 0.25) is 0 Å². The summed E-state index contributed by atoms with van der Waals surface area (Å²) in [5.74, 6) is -0.114. The number of nitrogens with one attached hydrogen (secondary N) is 2. The summed E-state index contributed by atoms with van der Waals surface area (Å²) in [6.07, 6.45) is -3.09. The second kappa shape index (κ2) is 9.49. The Balaban J connectivity index is 1.79. The van der Waals surface area contributed by atoms with Crippen molar-refractivity contribution < 1.29 is 24.8 Å². The molecule has 1 fully saturated rings. The Labute approximate surface area is 175 Å². The molecule has 7 heteroatoms. The molecule has 3 unspecified atom stereocenters. The molecule has 1 saturated heterocycles. The highest BCUT2D eigenvalue weighted by Crippen LogP contribution is 2.34. The Bertz CT molecular complexity index is 897. The first-order valence-electron chi connectivity index (χ1n) is 9.98. The number of hydrogen-bond acceptors (Lipinski definition) is 7. The van der Waals surface area contributed by atoms with Crippen molar-refractivity contribution in [2.75, 3.05) is 6.61 Å². The molecular weight excluding hydrogens is 384 g/mol. The Hall–Kier alpha value is -2.58. The number of rotatable bonds is 5. The van der Waals surface area contributed by atoms with Crippen molar-refractivity contribution in [2.45, 2.75) is 44.7 Å². The lowest BCUT2D eigenvalue weighted by atomic mass is 9.91. The van der Waals surface area contributed by atoms with Crippen LogP contribution >= 0.6 is 0 Å². The number of benzene rings is 2. The molecule has 0 spiro atoms. The first-order chi connectivity index (χ1) is 14.3. The summed E-state index contributed by atoms with van der Waals surface area (Å²) in [5.41, 5.74) is 3.07. The molecule has 1 heterocycles. The minimum Gasteiger partial charge on any atom is -0.425 e. The molecule has 0 saturated carbocycles. The summed E-state index contributed by atoms with van der Waals surface area (Å²) < 4.78 is 11.0. The van der Waals surface area contributed by atoms with E-state index in [0.717, 1.165) is 11.1 Å². The topological polar surface area (TPSA) is 127 Å². The zero-order chi connectivity index (χ0) is 21.8. The Morgan fingerprint density at radius 3 is 2.43 bits per heavy atom. The molecule has 3 rings (SSSR count). The van der Waals surface area contributed by atoms with Crippen LogP contribution in [-0.2, 0) is 9.47 Å². The van der Waals surface area contributed by atoms with Gasteiger partial charge in [-0.25, -0.2) is 0 Å². The fourth-order valence-corrected chi connectivity index (χ4v) is 3.34. The van der Waals surface area contributed by atoms with Crippen LogP contribution in [0.15, 0.2) is 48.5 Å². The van der Waals surface area contributed by atoms with Crippen molar-refractivity contribution in [3.05, 3.63) is 59.7 Å². The maximum absolute atomic E-state index is 10.4. The fraction of sp³-hybridized carbons (Fsp3) is 0.391. The normalized spacial score (nSPS) is 23.9. The lowest BCUT2D eigenvalue weighted by Crippen LogP contribution is -2.44. The maximum atomic E-state index is 10.4. The van der Waals surface area contributed by atoms with Gasteiger partial charge in [0, 0.05) is 17.9 Å². The third-order valence-electron chi connectivity index (χ3n) is 5.18. The van der Waals surface area contributed by atoms with Crippen molar-refractivity contribution in [2.24, 2.45) is 5.92 Å². The van der Waals surface area contributed by atoms with E-state index in [1.165, 1.54) is 0 Å². The molecule has 2 aromatic carbocycles. The van der Waals surface area contributed by atoms with E-state index < -0.39 is 24.4 Å². The molecular formula is C23H28N2O5. The Kier molecular flexibility index (Phi) is 6.99. The molecule has 0 bridgehead atoms. The van der Waals surface area contributed by atoms with Crippen LogP contribution in [0, 0.1) is 16.7 Å². The molecule has 1 aliphatic rings. The number of aliphatic hydroxyl groups is 3. The van der Waals surface area contributed by atoms with Crippen molar-refractivity contribution in [1.82, 2.24) is 0 Å².